The quantitative estimate of drug-likeness (QED) is 0.677. The van der Waals surface area contributed by atoms with Crippen LogP contribution in [0.5, 0.6) is 11.5 Å². The third-order valence-electron chi connectivity index (χ3n) is 5.73. The Hall–Kier alpha value is -2.53. The Morgan fingerprint density at radius 2 is 1.79 bits per heavy atom. The molecule has 6 heteroatoms. The van der Waals surface area contributed by atoms with Gasteiger partial charge in [-0.05, 0) is 43.0 Å². The van der Waals surface area contributed by atoms with Crippen molar-refractivity contribution in [1.29, 1.82) is 0 Å². The number of esters is 1. The molecular formula is C23H24ClNO4. The SMILES string of the molecule is COc1cc2c(cc1OC)C1CC(OC(C)=O)CCC1N=C2c1ccccc1Cl. The van der Waals surface area contributed by atoms with Crippen LogP contribution >= 0.6 is 11.6 Å². The van der Waals surface area contributed by atoms with E-state index in [-0.39, 0.29) is 24.0 Å². The van der Waals surface area contributed by atoms with Gasteiger partial charge in [-0.1, -0.05) is 29.8 Å². The van der Waals surface area contributed by atoms with E-state index in [2.05, 4.69) is 0 Å². The second-order valence-electron chi connectivity index (χ2n) is 7.47. The third-order valence-corrected chi connectivity index (χ3v) is 6.06. The first-order valence-corrected chi connectivity index (χ1v) is 10.2. The Morgan fingerprint density at radius 1 is 1.07 bits per heavy atom. The van der Waals surface area contributed by atoms with Gasteiger partial charge in [-0.3, -0.25) is 9.79 Å². The smallest absolute Gasteiger partial charge is 0.302 e. The second-order valence-corrected chi connectivity index (χ2v) is 7.88. The molecule has 2 aromatic rings. The van der Waals surface area contributed by atoms with E-state index in [9.17, 15) is 4.79 Å². The standard InChI is InChI=1S/C23H24ClNO4/c1-13(26)29-14-8-9-20-17(10-14)16-11-21(27-2)22(28-3)12-18(16)23(25-20)15-6-4-5-7-19(15)24/h4-7,11-12,14,17,20H,8-10H2,1-3H3. The molecule has 0 spiro atoms. The number of fused-ring (bicyclic) bond motifs is 3. The number of halogens is 1. The highest BCUT2D eigenvalue weighted by molar-refractivity contribution is 6.35. The summed E-state index contributed by atoms with van der Waals surface area (Å²) in [7, 11) is 3.26. The van der Waals surface area contributed by atoms with Crippen molar-refractivity contribution >= 4 is 23.3 Å². The molecule has 0 saturated heterocycles. The minimum Gasteiger partial charge on any atom is -0.493 e. The van der Waals surface area contributed by atoms with Crippen molar-refractivity contribution in [3.63, 3.8) is 0 Å². The largest absolute Gasteiger partial charge is 0.493 e. The van der Waals surface area contributed by atoms with Crippen LogP contribution < -0.4 is 9.47 Å². The molecular weight excluding hydrogens is 390 g/mol. The highest BCUT2D eigenvalue weighted by Gasteiger charge is 2.39. The summed E-state index contributed by atoms with van der Waals surface area (Å²) in [6, 6.07) is 11.9. The topological polar surface area (TPSA) is 57.1 Å². The number of aliphatic imine (C=N–C) groups is 1. The van der Waals surface area contributed by atoms with Gasteiger partial charge in [0.1, 0.15) is 6.10 Å². The summed E-state index contributed by atoms with van der Waals surface area (Å²) in [6.07, 6.45) is 2.31. The molecule has 0 amide bonds. The first-order valence-electron chi connectivity index (χ1n) is 9.78. The number of rotatable bonds is 4. The predicted octanol–water partition coefficient (Wildman–Crippen LogP) is 4.78. The molecule has 5 nitrogen and oxygen atoms in total. The molecule has 2 aromatic carbocycles. The molecule has 3 unspecified atom stereocenters. The second kappa shape index (κ2) is 8.07. The van der Waals surface area contributed by atoms with Gasteiger partial charge in [0.15, 0.2) is 11.5 Å². The molecule has 29 heavy (non-hydrogen) atoms. The van der Waals surface area contributed by atoms with E-state index in [1.54, 1.807) is 14.2 Å². The Bertz CT molecular complexity index is 971. The molecule has 0 radical (unpaired) electrons. The number of benzene rings is 2. The molecule has 1 fully saturated rings. The van der Waals surface area contributed by atoms with Crippen LogP contribution in [0.2, 0.25) is 5.02 Å². The maximum atomic E-state index is 11.5. The van der Waals surface area contributed by atoms with E-state index in [1.807, 2.05) is 36.4 Å². The van der Waals surface area contributed by atoms with Crippen LogP contribution in [-0.2, 0) is 9.53 Å². The summed E-state index contributed by atoms with van der Waals surface area (Å²) >= 11 is 6.52. The lowest BCUT2D eigenvalue weighted by atomic mass is 9.74. The van der Waals surface area contributed by atoms with Crippen LogP contribution in [0.3, 0.4) is 0 Å². The average Bonchev–Trinajstić information content (AvgIpc) is 2.72. The summed E-state index contributed by atoms with van der Waals surface area (Å²) in [5.74, 6) is 1.24. The normalized spacial score (nSPS) is 22.8. The molecule has 3 atom stereocenters. The zero-order valence-electron chi connectivity index (χ0n) is 16.8. The van der Waals surface area contributed by atoms with Gasteiger partial charge in [0.25, 0.3) is 0 Å². The van der Waals surface area contributed by atoms with Crippen molar-refractivity contribution < 1.29 is 19.0 Å². The number of ether oxygens (including phenoxy) is 3. The van der Waals surface area contributed by atoms with Crippen LogP contribution in [0.15, 0.2) is 41.4 Å². The van der Waals surface area contributed by atoms with E-state index in [0.29, 0.717) is 16.5 Å². The van der Waals surface area contributed by atoms with Crippen molar-refractivity contribution in [1.82, 2.24) is 0 Å². The van der Waals surface area contributed by atoms with Gasteiger partial charge in [-0.15, -0.1) is 0 Å². The van der Waals surface area contributed by atoms with Crippen molar-refractivity contribution in [2.75, 3.05) is 14.2 Å². The fraction of sp³-hybridized carbons (Fsp3) is 0.391. The van der Waals surface area contributed by atoms with Crippen molar-refractivity contribution in [3.05, 3.63) is 58.1 Å². The van der Waals surface area contributed by atoms with Gasteiger partial charge in [-0.25, -0.2) is 0 Å². The number of hydrogen-bond acceptors (Lipinski definition) is 5. The number of methoxy groups -OCH3 is 2. The van der Waals surface area contributed by atoms with Crippen LogP contribution in [0, 0.1) is 0 Å². The minimum absolute atomic E-state index is 0.0910. The zero-order valence-corrected chi connectivity index (χ0v) is 17.5. The monoisotopic (exact) mass is 413 g/mol. The van der Waals surface area contributed by atoms with Gasteiger partial charge in [-0.2, -0.15) is 0 Å². The molecule has 0 aromatic heterocycles. The van der Waals surface area contributed by atoms with E-state index in [0.717, 1.165) is 41.7 Å². The van der Waals surface area contributed by atoms with E-state index in [4.69, 9.17) is 30.8 Å². The molecule has 4 rings (SSSR count). The van der Waals surface area contributed by atoms with Crippen LogP contribution in [-0.4, -0.2) is 38.0 Å². The Labute approximate surface area is 175 Å². The van der Waals surface area contributed by atoms with Crippen LogP contribution in [0.4, 0.5) is 0 Å². The fourth-order valence-electron chi connectivity index (χ4n) is 4.46. The summed E-state index contributed by atoms with van der Waals surface area (Å²) < 4.78 is 16.6. The van der Waals surface area contributed by atoms with E-state index in [1.165, 1.54) is 6.92 Å². The number of nitrogens with zero attached hydrogens (tertiary/aromatic N) is 1. The number of hydrogen-bond donors (Lipinski definition) is 0. The van der Waals surface area contributed by atoms with Gasteiger partial charge in [0.05, 0.1) is 26.0 Å². The number of carbonyl (C=O) groups is 1. The predicted molar refractivity (Wildman–Crippen MR) is 113 cm³/mol. The Kier molecular flexibility index (Phi) is 5.50. The molecule has 1 saturated carbocycles. The van der Waals surface area contributed by atoms with Gasteiger partial charge < -0.3 is 14.2 Å². The maximum absolute atomic E-state index is 11.5. The summed E-state index contributed by atoms with van der Waals surface area (Å²) in [5, 5.41) is 0.666. The van der Waals surface area contributed by atoms with Crippen LogP contribution in [0.25, 0.3) is 0 Å². The first-order chi connectivity index (χ1) is 14.0. The van der Waals surface area contributed by atoms with E-state index >= 15 is 0 Å². The van der Waals surface area contributed by atoms with Gasteiger partial charge in [0.2, 0.25) is 0 Å². The minimum atomic E-state index is -0.239. The first kappa shape index (κ1) is 19.8. The summed E-state index contributed by atoms with van der Waals surface area (Å²) in [6.45, 7) is 1.46. The lowest BCUT2D eigenvalue weighted by molar-refractivity contribution is -0.148. The highest BCUT2D eigenvalue weighted by Crippen LogP contribution is 2.45. The van der Waals surface area contributed by atoms with Crippen molar-refractivity contribution in [2.24, 2.45) is 4.99 Å². The lowest BCUT2D eigenvalue weighted by Gasteiger charge is -2.38. The lowest BCUT2D eigenvalue weighted by Crippen LogP contribution is -2.36. The molecule has 1 aliphatic carbocycles. The maximum Gasteiger partial charge on any atom is 0.302 e. The molecule has 1 heterocycles. The van der Waals surface area contributed by atoms with Crippen molar-refractivity contribution in [3.8, 4) is 11.5 Å². The molecule has 0 N–H and O–H groups in total. The molecule has 1 aliphatic heterocycles. The third kappa shape index (κ3) is 3.71. The average molecular weight is 414 g/mol. The molecule has 2 aliphatic rings. The zero-order chi connectivity index (χ0) is 20.5. The molecule has 152 valence electrons. The molecule has 0 bridgehead atoms. The summed E-state index contributed by atoms with van der Waals surface area (Å²) in [4.78, 5) is 16.6. The van der Waals surface area contributed by atoms with Gasteiger partial charge >= 0.3 is 5.97 Å². The Balaban J connectivity index is 1.85. The highest BCUT2D eigenvalue weighted by atomic mass is 35.5. The Morgan fingerprint density at radius 3 is 2.48 bits per heavy atom. The summed E-state index contributed by atoms with van der Waals surface area (Å²) in [5.41, 5.74) is 3.90. The van der Waals surface area contributed by atoms with Gasteiger partial charge in [0, 0.05) is 29.0 Å². The van der Waals surface area contributed by atoms with E-state index < -0.39 is 0 Å². The van der Waals surface area contributed by atoms with Crippen LogP contribution in [0.1, 0.15) is 48.8 Å². The number of carbonyl (C=O) groups excluding carboxylic acids is 1. The van der Waals surface area contributed by atoms with Crippen molar-refractivity contribution in [2.45, 2.75) is 44.2 Å². The fourth-order valence-corrected chi connectivity index (χ4v) is 4.68.